The summed E-state index contributed by atoms with van der Waals surface area (Å²) in [6.45, 7) is 10.3. The molecule has 0 unspecified atom stereocenters. The number of aliphatic carboxylic acids is 6. The molecule has 12 N–H and O–H groups in total. The second kappa shape index (κ2) is 56.1. The normalized spacial score (nSPS) is 7.80. The Bertz CT molecular complexity index is 976. The molecule has 0 bridgehead atoms. The van der Waals surface area contributed by atoms with Crippen LogP contribution in [-0.4, -0.2) is 120 Å². The zero-order chi connectivity index (χ0) is 40.9. The molecule has 0 saturated heterocycles. The molecule has 0 aliphatic heterocycles. The van der Waals surface area contributed by atoms with Gasteiger partial charge in [0.05, 0.1) is 0 Å². The molecule has 306 valence electrons. The van der Waals surface area contributed by atoms with E-state index < -0.39 is 67.1 Å². The van der Waals surface area contributed by atoms with Gasteiger partial charge in [0, 0.05) is 41.5 Å². The molecule has 0 aliphatic rings. The molecule has 32 heteroatoms. The van der Waals surface area contributed by atoms with Gasteiger partial charge in [-0.3, -0.25) is 28.8 Å². The minimum Gasteiger partial charge on any atom is -0.741 e. The maximum absolute atomic E-state index is 10.7. The van der Waals surface area contributed by atoms with Crippen LogP contribution < -0.4 is 0 Å². The Morgan fingerprint density at radius 2 is 0.500 bits per heavy atom. The van der Waals surface area contributed by atoms with E-state index in [9.17, 15) is 26.3 Å². The molecular weight excluding hydrogens is 1020 g/mol. The summed E-state index contributed by atoms with van der Waals surface area (Å²) in [4.78, 5) is 54.0. The van der Waals surface area contributed by atoms with Crippen molar-refractivity contribution in [3.05, 3.63) is 0 Å². The van der Waals surface area contributed by atoms with E-state index in [4.69, 9.17) is 85.3 Å². The molecule has 0 saturated carbocycles. The first kappa shape index (κ1) is 91.6. The van der Waals surface area contributed by atoms with Gasteiger partial charge in [0.2, 0.25) is 0 Å². The third-order valence-corrected chi connectivity index (χ3v) is 1.70. The molecule has 0 fully saturated rings. The monoisotopic (exact) mass is 1060 g/mol. The van der Waals surface area contributed by atoms with Crippen LogP contribution in [0, 0.1) is 8.40 Å². The third kappa shape index (κ3) is 370. The first-order valence-electron chi connectivity index (χ1n) is 9.52. The third-order valence-electron chi connectivity index (χ3n) is 0.567. The maximum Gasteiger partial charge on any atom is 2.00 e. The summed E-state index contributed by atoms with van der Waals surface area (Å²) in [5.74, 6) is -5.00. The van der Waals surface area contributed by atoms with Crippen molar-refractivity contribution in [1.82, 2.24) is 0 Å². The zero-order valence-corrected chi connectivity index (χ0v) is 34.0. The van der Waals surface area contributed by atoms with E-state index in [2.05, 4.69) is 8.40 Å². The number of carboxylic acid groups (broad SMARTS) is 6. The van der Waals surface area contributed by atoms with Gasteiger partial charge in [-0.05, 0) is 0 Å². The molecule has 0 rings (SSSR count). The van der Waals surface area contributed by atoms with Crippen molar-refractivity contribution in [2.45, 2.75) is 66.4 Å². The van der Waals surface area contributed by atoms with Crippen molar-refractivity contribution in [2.75, 3.05) is 0 Å². The van der Waals surface area contributed by atoms with E-state index in [1.807, 2.05) is 52.2 Å². The first-order valence-corrected chi connectivity index (χ1v) is 14.3. The van der Waals surface area contributed by atoms with Gasteiger partial charge in [0.1, 0.15) is 0 Å². The quantitative estimate of drug-likeness (QED) is 0.0748. The van der Waals surface area contributed by atoms with Crippen molar-refractivity contribution in [3.8, 4) is 8.40 Å². The smallest absolute Gasteiger partial charge is 0.741 e. The molecular formula is C18H36F6Mo3O21S2. The second-order valence-electron chi connectivity index (χ2n) is 5.32. The van der Waals surface area contributed by atoms with E-state index in [-0.39, 0.29) is 37.5 Å². The van der Waals surface area contributed by atoms with Gasteiger partial charge in [-0.2, -0.15) is 26.3 Å². The molecule has 0 aromatic heterocycles. The van der Waals surface area contributed by atoms with Crippen molar-refractivity contribution >= 4 is 56.1 Å². The number of hydrogen-bond donors (Lipinski definition) is 6. The van der Waals surface area contributed by atoms with E-state index in [1.54, 1.807) is 0 Å². The van der Waals surface area contributed by atoms with Crippen LogP contribution in [0.1, 0.15) is 55.4 Å². The second-order valence-corrected chi connectivity index (χ2v) is 10.1. The Morgan fingerprint density at radius 3 is 0.500 bits per heavy atom. The Hall–Kier alpha value is -2.28. The molecule has 0 spiro atoms. The SMILES string of the molecule is CC(=O)O.CC(=O)O.CC(=O)O.CC(=O)O.CC(=O)O.CC(=O)O.C[C]#[Mo].C[C]#[Mo].O.O.O.O=S(=O)([O-])C(F)(F)F.O=S(=O)([O-])C(F)(F)F.[Mo+2]. The fraction of sp³-hybridized carbons (Fsp3) is 0.556. The van der Waals surface area contributed by atoms with Crippen LogP contribution in [0.15, 0.2) is 0 Å². The van der Waals surface area contributed by atoms with Gasteiger partial charge < -0.3 is 56.2 Å². The Morgan fingerprint density at radius 1 is 0.480 bits per heavy atom. The van der Waals surface area contributed by atoms with E-state index in [0.717, 1.165) is 41.5 Å². The summed E-state index contributed by atoms with van der Waals surface area (Å²) < 4.78 is 123. The van der Waals surface area contributed by atoms with Crippen LogP contribution in [0.2, 0.25) is 0 Å². The van der Waals surface area contributed by atoms with Crippen molar-refractivity contribution in [3.63, 3.8) is 0 Å². The van der Waals surface area contributed by atoms with Gasteiger partial charge >= 0.3 is 92.6 Å². The van der Waals surface area contributed by atoms with E-state index >= 15 is 0 Å². The summed E-state index contributed by atoms with van der Waals surface area (Å²) in [5, 5.41) is 44.5. The standard InChI is InChI=1S/6C2H4O2.2C2H3.2CHF3O3S.3Mo.3H2O/c6*1-2(3)4;2*1-2;2*2-1(3,4)8(5,6)7;;;;;;/h6*1H3,(H,3,4);2*1H3;2*(H,5,6,7);;;;3*1H2/q;;;;;;;;;;;;+2;;;/p-2. The Labute approximate surface area is 316 Å². The number of halogens is 6. The van der Waals surface area contributed by atoms with Crippen molar-refractivity contribution in [2.24, 2.45) is 0 Å². The predicted molar refractivity (Wildman–Crippen MR) is 141 cm³/mol. The van der Waals surface area contributed by atoms with Gasteiger partial charge in [-0.25, -0.2) is 16.8 Å². The van der Waals surface area contributed by atoms with E-state index in [1.165, 1.54) is 0 Å². The topological polar surface area (TPSA) is 433 Å². The summed E-state index contributed by atoms with van der Waals surface area (Å²) in [7, 11) is -12.2. The fourth-order valence-corrected chi connectivity index (χ4v) is 0. The van der Waals surface area contributed by atoms with Crippen LogP contribution in [0.4, 0.5) is 26.3 Å². The Balaban J connectivity index is -0.0000000243. The molecule has 0 heterocycles. The molecule has 0 atom stereocenters. The number of carbonyl (C=O) groups is 6. The number of carboxylic acids is 6. The average molecular weight is 1050 g/mol. The van der Waals surface area contributed by atoms with E-state index in [0.29, 0.717) is 0 Å². The minimum atomic E-state index is -6.09. The number of rotatable bonds is 0. The number of hydrogen-bond acceptors (Lipinski definition) is 12. The van der Waals surface area contributed by atoms with Crippen LogP contribution in [0.3, 0.4) is 0 Å². The van der Waals surface area contributed by atoms with Gasteiger partial charge in [-0.15, -0.1) is 0 Å². The zero-order valence-electron chi connectivity index (χ0n) is 26.4. The van der Waals surface area contributed by atoms with Crippen LogP contribution in [-0.2, 0) is 108 Å². The maximum atomic E-state index is 10.7. The van der Waals surface area contributed by atoms with Crippen LogP contribution >= 0.6 is 0 Å². The summed E-state index contributed by atoms with van der Waals surface area (Å²) in [6.07, 6.45) is 0. The predicted octanol–water partition coefficient (Wildman–Crippen LogP) is -0.804. The molecule has 0 aromatic carbocycles. The molecule has 0 radical (unpaired) electrons. The number of alkyl halides is 6. The van der Waals surface area contributed by atoms with Crippen LogP contribution in [0.25, 0.3) is 0 Å². The summed E-state index contributed by atoms with van der Waals surface area (Å²) >= 11 is 3.64. The summed E-state index contributed by atoms with van der Waals surface area (Å²) in [6, 6.07) is 0. The molecule has 21 nitrogen and oxygen atoms in total. The molecule has 0 aromatic rings. The van der Waals surface area contributed by atoms with Crippen molar-refractivity contribution < 1.29 is 187 Å². The van der Waals surface area contributed by atoms with Crippen molar-refractivity contribution in [1.29, 1.82) is 0 Å². The molecule has 0 amide bonds. The van der Waals surface area contributed by atoms with Gasteiger partial charge in [-0.1, -0.05) is 0 Å². The van der Waals surface area contributed by atoms with Crippen LogP contribution in [0.5, 0.6) is 0 Å². The van der Waals surface area contributed by atoms with Gasteiger partial charge in [0.25, 0.3) is 35.8 Å². The average Bonchev–Trinajstić information content (AvgIpc) is 2.63. The minimum absolute atomic E-state index is 0. The molecule has 0 aliphatic carbocycles. The fourth-order valence-electron chi connectivity index (χ4n) is 0. The van der Waals surface area contributed by atoms with Gasteiger partial charge in [0.15, 0.2) is 20.2 Å². The first-order chi connectivity index (χ1) is 19.7. The summed E-state index contributed by atoms with van der Waals surface area (Å²) in [5.41, 5.74) is -11.3. The Kier molecular flexibility index (Phi) is 103. The molecule has 50 heavy (non-hydrogen) atoms. The largest absolute Gasteiger partial charge is 2.00 e.